The molecule has 0 aromatic heterocycles. The van der Waals surface area contributed by atoms with Gasteiger partial charge in [-0.25, -0.2) is 0 Å². The zero-order valence-electron chi connectivity index (χ0n) is 10.6. The number of rotatable bonds is 7. The molecule has 1 saturated heterocycles. The van der Waals surface area contributed by atoms with Gasteiger partial charge in [-0.2, -0.15) is 0 Å². The zero-order chi connectivity index (χ0) is 12.0. The second-order valence-corrected chi connectivity index (χ2v) is 4.86. The molecule has 1 rings (SSSR count). The first-order valence-corrected chi connectivity index (χ1v) is 6.20. The van der Waals surface area contributed by atoms with E-state index in [4.69, 9.17) is 9.47 Å². The second kappa shape index (κ2) is 7.22. The van der Waals surface area contributed by atoms with Crippen molar-refractivity contribution in [2.75, 3.05) is 26.4 Å². The van der Waals surface area contributed by atoms with Gasteiger partial charge in [0.15, 0.2) is 0 Å². The lowest BCUT2D eigenvalue weighted by molar-refractivity contribution is 0.00491. The Balaban J connectivity index is 2.08. The minimum atomic E-state index is -0.424. The Morgan fingerprint density at radius 3 is 2.75 bits per heavy atom. The van der Waals surface area contributed by atoms with Crippen LogP contribution in [0.5, 0.6) is 0 Å². The third-order valence-electron chi connectivity index (χ3n) is 2.97. The summed E-state index contributed by atoms with van der Waals surface area (Å²) in [5, 5.41) is 13.0. The molecule has 3 unspecified atom stereocenters. The van der Waals surface area contributed by atoms with Gasteiger partial charge >= 0.3 is 0 Å². The molecule has 3 atom stereocenters. The van der Waals surface area contributed by atoms with Crippen LogP contribution in [-0.4, -0.2) is 49.7 Å². The van der Waals surface area contributed by atoms with E-state index in [0.29, 0.717) is 25.1 Å². The minimum Gasteiger partial charge on any atom is -0.389 e. The second-order valence-electron chi connectivity index (χ2n) is 4.86. The summed E-state index contributed by atoms with van der Waals surface area (Å²) in [5.74, 6) is 0.582. The molecule has 1 fully saturated rings. The third-order valence-corrected chi connectivity index (χ3v) is 2.97. The van der Waals surface area contributed by atoms with Gasteiger partial charge in [0, 0.05) is 19.2 Å². The number of hydrogen-bond donors (Lipinski definition) is 2. The van der Waals surface area contributed by atoms with Gasteiger partial charge < -0.3 is 19.9 Å². The maximum atomic E-state index is 9.67. The molecule has 0 bridgehead atoms. The Morgan fingerprint density at radius 1 is 1.44 bits per heavy atom. The lowest BCUT2D eigenvalue weighted by Gasteiger charge is -2.21. The molecule has 1 aliphatic rings. The Labute approximate surface area is 98.3 Å². The average Bonchev–Trinajstić information content (AvgIpc) is 2.76. The zero-order valence-corrected chi connectivity index (χ0v) is 10.6. The molecule has 0 saturated carbocycles. The average molecular weight is 231 g/mol. The fourth-order valence-corrected chi connectivity index (χ4v) is 1.80. The highest BCUT2D eigenvalue weighted by Crippen LogP contribution is 2.16. The van der Waals surface area contributed by atoms with Crippen LogP contribution in [0.1, 0.15) is 27.2 Å². The molecule has 0 amide bonds. The predicted molar refractivity (Wildman–Crippen MR) is 63.5 cm³/mol. The Morgan fingerprint density at radius 2 is 2.19 bits per heavy atom. The van der Waals surface area contributed by atoms with E-state index in [1.165, 1.54) is 0 Å². The van der Waals surface area contributed by atoms with Gasteiger partial charge in [0.1, 0.15) is 0 Å². The van der Waals surface area contributed by atoms with Crippen LogP contribution in [0.4, 0.5) is 0 Å². The molecular formula is C12H25NO3. The summed E-state index contributed by atoms with van der Waals surface area (Å²) < 4.78 is 10.7. The van der Waals surface area contributed by atoms with Crippen molar-refractivity contribution in [2.45, 2.75) is 45.4 Å². The van der Waals surface area contributed by atoms with Crippen molar-refractivity contribution in [3.05, 3.63) is 0 Å². The van der Waals surface area contributed by atoms with E-state index >= 15 is 0 Å². The predicted octanol–water partition coefficient (Wildman–Crippen LogP) is 0.787. The molecule has 4 heteroatoms. The molecule has 4 nitrogen and oxygen atoms in total. The van der Waals surface area contributed by atoms with Crippen LogP contribution in [0.2, 0.25) is 0 Å². The van der Waals surface area contributed by atoms with E-state index in [1.807, 2.05) is 13.8 Å². The molecule has 0 spiro atoms. The van der Waals surface area contributed by atoms with Crippen LogP contribution in [0, 0.1) is 5.92 Å². The van der Waals surface area contributed by atoms with Gasteiger partial charge in [-0.3, -0.25) is 0 Å². The summed E-state index contributed by atoms with van der Waals surface area (Å²) in [4.78, 5) is 0. The van der Waals surface area contributed by atoms with Crippen LogP contribution in [0.3, 0.4) is 0 Å². The number of hydrogen-bond acceptors (Lipinski definition) is 4. The maximum Gasteiger partial charge on any atom is 0.0897 e. The lowest BCUT2D eigenvalue weighted by atomic mass is 10.0. The van der Waals surface area contributed by atoms with Crippen LogP contribution >= 0.6 is 0 Å². The molecule has 96 valence electrons. The van der Waals surface area contributed by atoms with Crippen LogP contribution in [0.15, 0.2) is 0 Å². The van der Waals surface area contributed by atoms with Gasteiger partial charge in [0.25, 0.3) is 0 Å². The van der Waals surface area contributed by atoms with Gasteiger partial charge in [-0.05, 0) is 33.1 Å². The van der Waals surface area contributed by atoms with E-state index in [2.05, 4.69) is 12.2 Å². The highest BCUT2D eigenvalue weighted by atomic mass is 16.5. The number of aliphatic hydroxyl groups is 1. The smallest absolute Gasteiger partial charge is 0.0897 e. The molecule has 16 heavy (non-hydrogen) atoms. The van der Waals surface area contributed by atoms with Crippen molar-refractivity contribution in [3.8, 4) is 0 Å². The molecule has 0 aromatic rings. The van der Waals surface area contributed by atoms with E-state index in [-0.39, 0.29) is 6.10 Å². The summed E-state index contributed by atoms with van der Waals surface area (Å²) in [5.41, 5.74) is 0. The fraction of sp³-hybridized carbons (Fsp3) is 1.00. The number of aliphatic hydroxyl groups excluding tert-OH is 1. The van der Waals surface area contributed by atoms with Crippen molar-refractivity contribution >= 4 is 0 Å². The van der Waals surface area contributed by atoms with Crippen LogP contribution in [-0.2, 0) is 9.47 Å². The van der Waals surface area contributed by atoms with Gasteiger partial charge in [0.05, 0.1) is 25.4 Å². The summed E-state index contributed by atoms with van der Waals surface area (Å²) >= 11 is 0. The quantitative estimate of drug-likeness (QED) is 0.680. The van der Waals surface area contributed by atoms with Crippen molar-refractivity contribution in [1.82, 2.24) is 5.32 Å². The van der Waals surface area contributed by atoms with E-state index < -0.39 is 6.10 Å². The standard InChI is InChI=1S/C12H25NO3/c1-9(2)16-8-12(14)6-13-10(3)11-4-5-15-7-11/h9-14H,4-8H2,1-3H3. The summed E-state index contributed by atoms with van der Waals surface area (Å²) in [7, 11) is 0. The molecule has 0 aromatic carbocycles. The first kappa shape index (κ1) is 13.9. The fourth-order valence-electron chi connectivity index (χ4n) is 1.80. The van der Waals surface area contributed by atoms with Gasteiger partial charge in [-0.1, -0.05) is 0 Å². The number of ether oxygens (including phenoxy) is 2. The highest BCUT2D eigenvalue weighted by molar-refractivity contribution is 4.76. The monoisotopic (exact) mass is 231 g/mol. The van der Waals surface area contributed by atoms with Crippen molar-refractivity contribution in [2.24, 2.45) is 5.92 Å². The van der Waals surface area contributed by atoms with Gasteiger partial charge in [-0.15, -0.1) is 0 Å². The topological polar surface area (TPSA) is 50.7 Å². The minimum absolute atomic E-state index is 0.176. The summed E-state index contributed by atoms with van der Waals surface area (Å²) in [6.45, 7) is 8.79. The molecule has 1 aliphatic heterocycles. The van der Waals surface area contributed by atoms with E-state index in [0.717, 1.165) is 19.6 Å². The summed E-state index contributed by atoms with van der Waals surface area (Å²) in [6, 6.07) is 0.399. The van der Waals surface area contributed by atoms with E-state index in [9.17, 15) is 5.11 Å². The highest BCUT2D eigenvalue weighted by Gasteiger charge is 2.22. The SMILES string of the molecule is CC(C)OCC(O)CNC(C)C1CCOC1. The van der Waals surface area contributed by atoms with Crippen molar-refractivity contribution < 1.29 is 14.6 Å². The summed E-state index contributed by atoms with van der Waals surface area (Å²) in [6.07, 6.45) is 0.870. The normalized spacial score (nSPS) is 24.9. The van der Waals surface area contributed by atoms with Crippen LogP contribution < -0.4 is 5.32 Å². The Hall–Kier alpha value is -0.160. The largest absolute Gasteiger partial charge is 0.389 e. The number of nitrogens with one attached hydrogen (secondary N) is 1. The maximum absolute atomic E-state index is 9.67. The molecular weight excluding hydrogens is 206 g/mol. The van der Waals surface area contributed by atoms with Crippen molar-refractivity contribution in [1.29, 1.82) is 0 Å². The molecule has 0 aliphatic carbocycles. The Kier molecular flexibility index (Phi) is 6.28. The third kappa shape index (κ3) is 5.25. The first-order valence-electron chi connectivity index (χ1n) is 6.20. The Bertz CT molecular complexity index is 181. The first-order chi connectivity index (χ1) is 7.59. The van der Waals surface area contributed by atoms with E-state index in [1.54, 1.807) is 0 Å². The molecule has 2 N–H and O–H groups in total. The van der Waals surface area contributed by atoms with Crippen LogP contribution in [0.25, 0.3) is 0 Å². The van der Waals surface area contributed by atoms with Crippen molar-refractivity contribution in [3.63, 3.8) is 0 Å². The van der Waals surface area contributed by atoms with Gasteiger partial charge in [0.2, 0.25) is 0 Å². The molecule has 0 radical (unpaired) electrons. The lowest BCUT2D eigenvalue weighted by Crippen LogP contribution is -2.40. The molecule has 1 heterocycles.